The van der Waals surface area contributed by atoms with E-state index in [9.17, 15) is 4.79 Å². The van der Waals surface area contributed by atoms with E-state index in [1.165, 1.54) is 10.5 Å². The van der Waals surface area contributed by atoms with Gasteiger partial charge in [-0.2, -0.15) is 0 Å². The Morgan fingerprint density at radius 2 is 1.84 bits per heavy atom. The Labute approximate surface area is 227 Å². The van der Waals surface area contributed by atoms with Crippen molar-refractivity contribution in [3.05, 3.63) is 88.4 Å². The Balaban J connectivity index is 1.20. The maximum atomic E-state index is 13.3. The zero-order valence-corrected chi connectivity index (χ0v) is 22.5. The van der Waals surface area contributed by atoms with Gasteiger partial charge < -0.3 is 20.1 Å². The number of nitrogens with one attached hydrogen (secondary N) is 2. The van der Waals surface area contributed by atoms with Gasteiger partial charge in [-0.1, -0.05) is 41.9 Å². The van der Waals surface area contributed by atoms with Gasteiger partial charge in [-0.25, -0.2) is 0 Å². The molecule has 0 bridgehead atoms. The number of fused-ring (bicyclic) bond motifs is 1. The van der Waals surface area contributed by atoms with Crippen molar-refractivity contribution in [1.82, 2.24) is 15.5 Å². The van der Waals surface area contributed by atoms with E-state index in [1.807, 2.05) is 36.4 Å². The highest BCUT2D eigenvalue weighted by atomic mass is 35.5. The molecule has 2 aliphatic heterocycles. The summed E-state index contributed by atoms with van der Waals surface area (Å²) in [6, 6.07) is 22.5. The minimum Gasteiger partial charge on any atom is -0.454 e. The molecule has 37 heavy (non-hydrogen) atoms. The quantitative estimate of drug-likeness (QED) is 0.359. The van der Waals surface area contributed by atoms with Gasteiger partial charge in [0.2, 0.25) is 12.7 Å². The first-order valence-electron chi connectivity index (χ1n) is 12.6. The molecule has 2 heterocycles. The zero-order valence-electron chi connectivity index (χ0n) is 20.9. The van der Waals surface area contributed by atoms with E-state index in [2.05, 4.69) is 52.1 Å². The number of nitrogens with zero attached hydrogens (tertiary/aromatic N) is 1. The number of ether oxygens (including phenoxy) is 2. The fraction of sp³-hybridized carbons (Fsp3) is 0.345. The second kappa shape index (κ2) is 12.2. The first kappa shape index (κ1) is 25.9. The van der Waals surface area contributed by atoms with Gasteiger partial charge in [0.25, 0.3) is 0 Å². The van der Waals surface area contributed by atoms with Crippen LogP contribution in [0.25, 0.3) is 0 Å². The summed E-state index contributed by atoms with van der Waals surface area (Å²) in [7, 11) is 0. The normalized spacial score (nSPS) is 18.8. The van der Waals surface area contributed by atoms with Crippen molar-refractivity contribution in [2.75, 3.05) is 26.1 Å². The standard InChI is InChI=1S/C29H32ClN3O3S/c1-37-25-8-5-21(6-9-25)16-32-24-15-26(33(18-24)17-22-3-2-4-23(30)13-22)29(34)31-12-11-20-7-10-27-28(14-20)36-19-35-27/h2-10,13-14,24,26,32H,11-12,15-19H2,1H3,(H,31,34)/t24-,26-/m0/s1. The lowest BCUT2D eigenvalue weighted by molar-refractivity contribution is -0.125. The molecule has 3 aromatic rings. The van der Waals surface area contributed by atoms with E-state index in [0.717, 1.165) is 48.6 Å². The largest absolute Gasteiger partial charge is 0.454 e. The third kappa shape index (κ3) is 6.79. The van der Waals surface area contributed by atoms with E-state index >= 15 is 0 Å². The smallest absolute Gasteiger partial charge is 0.237 e. The number of thioether (sulfide) groups is 1. The van der Waals surface area contributed by atoms with Crippen molar-refractivity contribution in [3.63, 3.8) is 0 Å². The number of carbonyl (C=O) groups excluding carboxylic acids is 1. The van der Waals surface area contributed by atoms with Crippen LogP contribution in [0.15, 0.2) is 71.6 Å². The predicted molar refractivity (Wildman–Crippen MR) is 148 cm³/mol. The molecule has 194 valence electrons. The molecule has 2 aliphatic rings. The number of hydrogen-bond acceptors (Lipinski definition) is 6. The Kier molecular flexibility index (Phi) is 8.56. The first-order valence-corrected chi connectivity index (χ1v) is 14.2. The van der Waals surface area contributed by atoms with E-state index in [0.29, 0.717) is 18.1 Å². The number of carbonyl (C=O) groups is 1. The summed E-state index contributed by atoms with van der Waals surface area (Å²) < 4.78 is 10.9. The molecule has 1 fully saturated rings. The van der Waals surface area contributed by atoms with Crippen molar-refractivity contribution < 1.29 is 14.3 Å². The number of benzene rings is 3. The highest BCUT2D eigenvalue weighted by Crippen LogP contribution is 2.32. The Hall–Kier alpha value is -2.71. The summed E-state index contributed by atoms with van der Waals surface area (Å²) in [5.74, 6) is 1.61. The summed E-state index contributed by atoms with van der Waals surface area (Å²) in [5, 5.41) is 7.55. The van der Waals surface area contributed by atoms with Crippen LogP contribution in [0.5, 0.6) is 11.5 Å². The summed E-state index contributed by atoms with van der Waals surface area (Å²) in [6.45, 7) is 3.09. The molecule has 5 rings (SSSR count). The molecule has 6 nitrogen and oxygen atoms in total. The number of likely N-dealkylation sites (tertiary alicyclic amines) is 1. The second-order valence-electron chi connectivity index (χ2n) is 9.47. The third-order valence-electron chi connectivity index (χ3n) is 6.88. The number of hydrogen-bond donors (Lipinski definition) is 2. The van der Waals surface area contributed by atoms with Crippen molar-refractivity contribution in [2.45, 2.75) is 42.9 Å². The van der Waals surface area contributed by atoms with Gasteiger partial charge in [0.05, 0.1) is 6.04 Å². The minimum atomic E-state index is -0.202. The highest BCUT2D eigenvalue weighted by Gasteiger charge is 2.36. The van der Waals surface area contributed by atoms with Crippen LogP contribution in [-0.2, 0) is 24.3 Å². The third-order valence-corrected chi connectivity index (χ3v) is 7.86. The molecule has 0 aromatic heterocycles. The van der Waals surface area contributed by atoms with Crippen LogP contribution < -0.4 is 20.1 Å². The monoisotopic (exact) mass is 537 g/mol. The maximum absolute atomic E-state index is 13.3. The van der Waals surface area contributed by atoms with Crippen LogP contribution in [0.2, 0.25) is 5.02 Å². The van der Waals surface area contributed by atoms with Gasteiger partial charge in [-0.15, -0.1) is 11.8 Å². The van der Waals surface area contributed by atoms with Crippen LogP contribution in [0.4, 0.5) is 0 Å². The topological polar surface area (TPSA) is 62.8 Å². The Morgan fingerprint density at radius 1 is 1.03 bits per heavy atom. The first-order chi connectivity index (χ1) is 18.1. The van der Waals surface area contributed by atoms with Crippen LogP contribution >= 0.6 is 23.4 Å². The zero-order chi connectivity index (χ0) is 25.6. The van der Waals surface area contributed by atoms with Crippen LogP contribution in [0, 0.1) is 0 Å². The molecular weight excluding hydrogens is 506 g/mol. The molecule has 2 N–H and O–H groups in total. The average Bonchev–Trinajstić information content (AvgIpc) is 3.54. The molecule has 0 aliphatic carbocycles. The lowest BCUT2D eigenvalue weighted by atomic mass is 10.1. The molecule has 0 saturated carbocycles. The molecule has 1 amide bonds. The molecule has 0 unspecified atom stereocenters. The SMILES string of the molecule is CSc1ccc(CN[C@H]2C[C@@H](C(=O)NCCc3ccc4c(c3)OCO4)N(Cc3cccc(Cl)c3)C2)cc1. The van der Waals surface area contributed by atoms with Gasteiger partial charge in [0.15, 0.2) is 11.5 Å². The summed E-state index contributed by atoms with van der Waals surface area (Å²) in [4.78, 5) is 16.8. The van der Waals surface area contributed by atoms with Crippen molar-refractivity contribution >= 4 is 29.3 Å². The highest BCUT2D eigenvalue weighted by molar-refractivity contribution is 7.98. The van der Waals surface area contributed by atoms with Gasteiger partial charge in [-0.05, 0) is 72.2 Å². The van der Waals surface area contributed by atoms with Crippen molar-refractivity contribution in [3.8, 4) is 11.5 Å². The van der Waals surface area contributed by atoms with Gasteiger partial charge in [0, 0.05) is 42.1 Å². The predicted octanol–water partition coefficient (Wildman–Crippen LogP) is 4.88. The summed E-state index contributed by atoms with van der Waals surface area (Å²) in [5.41, 5.74) is 3.47. The van der Waals surface area contributed by atoms with Crippen molar-refractivity contribution in [2.24, 2.45) is 0 Å². The molecular formula is C29H32ClN3O3S. The second-order valence-corrected chi connectivity index (χ2v) is 10.8. The van der Waals surface area contributed by atoms with E-state index in [4.69, 9.17) is 21.1 Å². The molecule has 3 aromatic carbocycles. The van der Waals surface area contributed by atoms with Gasteiger partial charge in [-0.3, -0.25) is 9.69 Å². The van der Waals surface area contributed by atoms with Crippen LogP contribution in [0.3, 0.4) is 0 Å². The van der Waals surface area contributed by atoms with E-state index in [-0.39, 0.29) is 24.8 Å². The lowest BCUT2D eigenvalue weighted by Crippen LogP contribution is -2.43. The minimum absolute atomic E-state index is 0.0661. The fourth-order valence-electron chi connectivity index (χ4n) is 4.92. The molecule has 0 radical (unpaired) electrons. The molecule has 2 atom stereocenters. The average molecular weight is 538 g/mol. The molecule has 1 saturated heterocycles. The summed E-state index contributed by atoms with van der Waals surface area (Å²) in [6.07, 6.45) is 3.58. The summed E-state index contributed by atoms with van der Waals surface area (Å²) >= 11 is 7.97. The van der Waals surface area contributed by atoms with Gasteiger partial charge >= 0.3 is 0 Å². The van der Waals surface area contributed by atoms with Crippen LogP contribution in [0.1, 0.15) is 23.1 Å². The Bertz CT molecular complexity index is 1220. The molecule has 0 spiro atoms. The van der Waals surface area contributed by atoms with E-state index in [1.54, 1.807) is 11.8 Å². The lowest BCUT2D eigenvalue weighted by Gasteiger charge is -2.23. The van der Waals surface area contributed by atoms with Crippen molar-refractivity contribution in [1.29, 1.82) is 0 Å². The van der Waals surface area contributed by atoms with Gasteiger partial charge in [0.1, 0.15) is 0 Å². The van der Waals surface area contributed by atoms with Crippen LogP contribution in [-0.4, -0.2) is 49.0 Å². The Morgan fingerprint density at radius 3 is 2.65 bits per heavy atom. The fourth-order valence-corrected chi connectivity index (χ4v) is 5.54. The maximum Gasteiger partial charge on any atom is 0.237 e. The van der Waals surface area contributed by atoms with E-state index < -0.39 is 0 Å². The number of rotatable bonds is 10. The number of halogens is 1. The molecule has 8 heteroatoms. The number of amides is 1.